The van der Waals surface area contributed by atoms with Crippen LogP contribution in [0.5, 0.6) is 17.2 Å². The summed E-state index contributed by atoms with van der Waals surface area (Å²) in [5.74, 6) is -1.90. The lowest BCUT2D eigenvalue weighted by atomic mass is 9.89. The molecule has 1 atom stereocenters. The molecular weight excluding hydrogens is 403 g/mol. The van der Waals surface area contributed by atoms with Gasteiger partial charge in [0.2, 0.25) is 0 Å². The van der Waals surface area contributed by atoms with Crippen LogP contribution < -0.4 is 4.74 Å². The maximum absolute atomic E-state index is 11.8. The summed E-state index contributed by atoms with van der Waals surface area (Å²) < 4.78 is 5.90. The van der Waals surface area contributed by atoms with Gasteiger partial charge in [0, 0.05) is 17.2 Å². The van der Waals surface area contributed by atoms with Crippen molar-refractivity contribution in [2.75, 3.05) is 0 Å². The zero-order valence-electron chi connectivity index (χ0n) is 15.2. The third-order valence-electron chi connectivity index (χ3n) is 4.45. The second kappa shape index (κ2) is 7.78. The molecule has 3 N–H and O–H groups in total. The molecule has 0 radical (unpaired) electrons. The molecule has 0 saturated heterocycles. The van der Waals surface area contributed by atoms with E-state index in [4.69, 9.17) is 27.9 Å². The number of halogens is 2. The molecule has 0 bridgehead atoms. The zero-order chi connectivity index (χ0) is 20.6. The van der Waals surface area contributed by atoms with E-state index in [9.17, 15) is 20.1 Å². The van der Waals surface area contributed by atoms with E-state index in [0.29, 0.717) is 28.9 Å². The first-order valence-corrected chi connectivity index (χ1v) is 9.23. The van der Waals surface area contributed by atoms with Crippen LogP contribution in [0, 0.1) is 0 Å². The predicted octanol–water partition coefficient (Wildman–Crippen LogP) is 5.52. The molecule has 28 heavy (non-hydrogen) atoms. The molecule has 2 aromatic carbocycles. The first-order valence-electron chi connectivity index (χ1n) is 8.47. The molecule has 0 fully saturated rings. The van der Waals surface area contributed by atoms with Gasteiger partial charge in [0.1, 0.15) is 29.5 Å². The number of aromatic hydroxyl groups is 2. The van der Waals surface area contributed by atoms with Crippen LogP contribution in [0.15, 0.2) is 41.7 Å². The van der Waals surface area contributed by atoms with Crippen LogP contribution in [0.25, 0.3) is 5.76 Å². The van der Waals surface area contributed by atoms with Gasteiger partial charge in [-0.05, 0) is 38.5 Å². The molecule has 0 spiro atoms. The number of aliphatic hydroxyl groups is 1. The van der Waals surface area contributed by atoms with Gasteiger partial charge in [-0.1, -0.05) is 34.9 Å². The van der Waals surface area contributed by atoms with Gasteiger partial charge >= 0.3 is 0 Å². The van der Waals surface area contributed by atoms with Gasteiger partial charge in [-0.2, -0.15) is 0 Å². The number of phenolic OH excluding ortho intramolecular Hbond substituents is 2. The molecule has 1 heterocycles. The SMILES string of the molecule is CC(C)=CCc1c(O)cc(O)c2c1OC(c1ccc(Cl)c(Cl)c1)=C(O)C2C=O. The number of carbonyl (C=O) groups is 1. The van der Waals surface area contributed by atoms with Gasteiger partial charge in [-0.3, -0.25) is 0 Å². The first kappa shape index (κ1) is 20.1. The van der Waals surface area contributed by atoms with Crippen LogP contribution in [-0.2, 0) is 11.2 Å². The molecule has 5 nitrogen and oxygen atoms in total. The Labute approximate surface area is 172 Å². The summed E-state index contributed by atoms with van der Waals surface area (Å²) in [5.41, 5.74) is 1.92. The second-order valence-electron chi connectivity index (χ2n) is 6.68. The normalized spacial score (nSPS) is 15.6. The van der Waals surface area contributed by atoms with Crippen molar-refractivity contribution in [1.82, 2.24) is 0 Å². The maximum Gasteiger partial charge on any atom is 0.173 e. The Hall–Kier alpha value is -2.63. The number of fused-ring (bicyclic) bond motifs is 1. The van der Waals surface area contributed by atoms with E-state index < -0.39 is 5.92 Å². The molecule has 0 saturated carbocycles. The standard InChI is InChI=1S/C21H18Cl2O5/c1-10(2)3-5-12-16(25)8-17(26)18-13(9-24)19(27)20(28-21(12)18)11-4-6-14(22)15(23)7-11/h3-4,6-9,13,25-27H,5H2,1-2H3. The Kier molecular flexibility index (Phi) is 5.59. The smallest absolute Gasteiger partial charge is 0.173 e. The zero-order valence-corrected chi connectivity index (χ0v) is 16.7. The maximum atomic E-state index is 11.8. The highest BCUT2D eigenvalue weighted by Gasteiger charge is 2.35. The van der Waals surface area contributed by atoms with Crippen LogP contribution in [0.2, 0.25) is 10.0 Å². The Bertz CT molecular complexity index is 1020. The molecule has 0 aromatic heterocycles. The lowest BCUT2D eigenvalue weighted by Gasteiger charge is -2.28. The highest BCUT2D eigenvalue weighted by molar-refractivity contribution is 6.42. The van der Waals surface area contributed by atoms with E-state index in [1.165, 1.54) is 6.07 Å². The van der Waals surface area contributed by atoms with Gasteiger partial charge in [0.15, 0.2) is 11.5 Å². The number of ether oxygens (including phenoxy) is 1. The summed E-state index contributed by atoms with van der Waals surface area (Å²) in [6.45, 7) is 3.82. The molecule has 2 aromatic rings. The highest BCUT2D eigenvalue weighted by atomic mass is 35.5. The summed E-state index contributed by atoms with van der Waals surface area (Å²) in [6, 6.07) is 5.77. The van der Waals surface area contributed by atoms with Crippen molar-refractivity contribution < 1.29 is 24.9 Å². The second-order valence-corrected chi connectivity index (χ2v) is 7.50. The van der Waals surface area contributed by atoms with Gasteiger partial charge in [-0.25, -0.2) is 0 Å². The number of hydrogen-bond donors (Lipinski definition) is 3. The van der Waals surface area contributed by atoms with E-state index in [-0.39, 0.29) is 39.4 Å². The number of allylic oxidation sites excluding steroid dienone is 3. The molecule has 1 unspecified atom stereocenters. The van der Waals surface area contributed by atoms with Crippen molar-refractivity contribution >= 4 is 35.2 Å². The number of rotatable bonds is 4. The molecule has 0 amide bonds. The third-order valence-corrected chi connectivity index (χ3v) is 5.19. The number of aldehydes is 1. The minimum Gasteiger partial charge on any atom is -0.507 e. The van der Waals surface area contributed by atoms with E-state index >= 15 is 0 Å². The topological polar surface area (TPSA) is 87.0 Å². The van der Waals surface area contributed by atoms with Crippen LogP contribution >= 0.6 is 23.2 Å². The summed E-state index contributed by atoms with van der Waals surface area (Å²) in [5, 5.41) is 31.9. The van der Waals surface area contributed by atoms with Crippen molar-refractivity contribution in [2.45, 2.75) is 26.2 Å². The fourth-order valence-corrected chi connectivity index (χ4v) is 3.32. The monoisotopic (exact) mass is 420 g/mol. The number of phenols is 2. The number of benzene rings is 2. The quantitative estimate of drug-likeness (QED) is 0.447. The third kappa shape index (κ3) is 3.55. The first-order chi connectivity index (χ1) is 13.2. The number of carbonyl (C=O) groups excluding carboxylic acids is 1. The minimum atomic E-state index is -1.15. The Balaban J connectivity index is 2.22. The molecule has 146 valence electrons. The molecule has 1 aliphatic heterocycles. The van der Waals surface area contributed by atoms with Crippen molar-refractivity contribution in [1.29, 1.82) is 0 Å². The number of aliphatic hydroxyl groups excluding tert-OH is 1. The largest absolute Gasteiger partial charge is 0.507 e. The van der Waals surface area contributed by atoms with Crippen molar-refractivity contribution in [3.05, 3.63) is 68.4 Å². The lowest BCUT2D eigenvalue weighted by Crippen LogP contribution is -2.17. The van der Waals surface area contributed by atoms with Gasteiger partial charge in [-0.15, -0.1) is 0 Å². The minimum absolute atomic E-state index is 0.00613. The molecule has 7 heteroatoms. The van der Waals surface area contributed by atoms with Crippen LogP contribution in [-0.4, -0.2) is 21.6 Å². The van der Waals surface area contributed by atoms with E-state index in [1.807, 2.05) is 19.9 Å². The lowest BCUT2D eigenvalue weighted by molar-refractivity contribution is -0.109. The van der Waals surface area contributed by atoms with Crippen LogP contribution in [0.4, 0.5) is 0 Å². The van der Waals surface area contributed by atoms with Gasteiger partial charge < -0.3 is 24.9 Å². The summed E-state index contributed by atoms with van der Waals surface area (Å²) >= 11 is 12.0. The van der Waals surface area contributed by atoms with Gasteiger partial charge in [0.05, 0.1) is 15.6 Å². The van der Waals surface area contributed by atoms with Crippen LogP contribution in [0.3, 0.4) is 0 Å². The summed E-state index contributed by atoms with van der Waals surface area (Å²) in [6.07, 6.45) is 2.70. The average molecular weight is 421 g/mol. The van der Waals surface area contributed by atoms with Crippen molar-refractivity contribution in [3.8, 4) is 17.2 Å². The molecule has 1 aliphatic rings. The predicted molar refractivity (Wildman–Crippen MR) is 108 cm³/mol. The van der Waals surface area contributed by atoms with Crippen molar-refractivity contribution in [2.24, 2.45) is 0 Å². The van der Waals surface area contributed by atoms with E-state index in [1.54, 1.807) is 12.1 Å². The highest BCUT2D eigenvalue weighted by Crippen LogP contribution is 2.49. The van der Waals surface area contributed by atoms with E-state index in [0.717, 1.165) is 11.6 Å². The van der Waals surface area contributed by atoms with Gasteiger partial charge in [0.25, 0.3) is 0 Å². The average Bonchev–Trinajstić information content (AvgIpc) is 2.63. The van der Waals surface area contributed by atoms with Crippen LogP contribution in [0.1, 0.15) is 36.5 Å². The Morgan fingerprint density at radius 2 is 1.82 bits per heavy atom. The molecular formula is C21H18Cl2O5. The summed E-state index contributed by atoms with van der Waals surface area (Å²) in [7, 11) is 0. The fraction of sp³-hybridized carbons (Fsp3) is 0.190. The molecule has 0 aliphatic carbocycles. The van der Waals surface area contributed by atoms with E-state index in [2.05, 4.69) is 0 Å². The van der Waals surface area contributed by atoms with Crippen molar-refractivity contribution in [3.63, 3.8) is 0 Å². The number of hydrogen-bond acceptors (Lipinski definition) is 5. The fourth-order valence-electron chi connectivity index (χ4n) is 3.02. The Morgan fingerprint density at radius 3 is 2.43 bits per heavy atom. The molecule has 3 rings (SSSR count). The summed E-state index contributed by atoms with van der Waals surface area (Å²) in [4.78, 5) is 11.8. The Morgan fingerprint density at radius 1 is 1.11 bits per heavy atom.